The smallest absolute Gasteiger partial charge is 0.337 e. The van der Waals surface area contributed by atoms with E-state index in [4.69, 9.17) is 11.6 Å². The molecule has 138 valence electrons. The molecule has 27 heavy (non-hydrogen) atoms. The molecular formula is C19H16ClN3O3S. The van der Waals surface area contributed by atoms with Gasteiger partial charge in [-0.25, -0.2) is 9.79 Å². The second kappa shape index (κ2) is 8.37. The van der Waals surface area contributed by atoms with Gasteiger partial charge < -0.3 is 4.74 Å². The largest absolute Gasteiger partial charge is 0.465 e. The average molecular weight is 402 g/mol. The van der Waals surface area contributed by atoms with Crippen LogP contribution in [0.5, 0.6) is 0 Å². The molecule has 1 amide bonds. The van der Waals surface area contributed by atoms with Crippen LogP contribution in [0.3, 0.4) is 0 Å². The van der Waals surface area contributed by atoms with Gasteiger partial charge in [0.25, 0.3) is 5.91 Å². The second-order valence-electron chi connectivity index (χ2n) is 5.50. The van der Waals surface area contributed by atoms with E-state index >= 15 is 0 Å². The molecule has 2 aromatic rings. The maximum Gasteiger partial charge on any atom is 0.337 e. The number of nitrogens with zero attached hydrogens (tertiary/aromatic N) is 3. The van der Waals surface area contributed by atoms with E-state index in [2.05, 4.69) is 14.7 Å². The monoisotopic (exact) mass is 401 g/mol. The minimum Gasteiger partial charge on any atom is -0.465 e. The lowest BCUT2D eigenvalue weighted by atomic mass is 10.1. The molecule has 0 N–H and O–H groups in total. The number of amides is 1. The molecule has 1 aromatic heterocycles. The first-order chi connectivity index (χ1) is 13.0. The summed E-state index contributed by atoms with van der Waals surface area (Å²) in [6, 6.07) is 8.54. The minimum atomic E-state index is -0.402. The Kier molecular flexibility index (Phi) is 5.93. The standard InChI is InChI=1S/C19H16ClN3O3S/c1-3-23-17(24)16(10-12-4-6-13(7-5-12)18(25)26-2)27-19(23)22-15-8-9-21-11-14(15)20/h4-11H,3H2,1-2H3/b16-10-,22-19?. The van der Waals surface area contributed by atoms with Crippen LogP contribution in [0.25, 0.3) is 6.08 Å². The quantitative estimate of drug-likeness (QED) is 0.568. The number of carbonyl (C=O) groups is 2. The topological polar surface area (TPSA) is 71.9 Å². The van der Waals surface area contributed by atoms with Crippen molar-refractivity contribution in [1.29, 1.82) is 0 Å². The summed E-state index contributed by atoms with van der Waals surface area (Å²) in [6.45, 7) is 2.38. The number of hydrogen-bond donors (Lipinski definition) is 0. The maximum absolute atomic E-state index is 12.7. The summed E-state index contributed by atoms with van der Waals surface area (Å²) in [6.07, 6.45) is 4.88. The average Bonchev–Trinajstić information content (AvgIpc) is 2.98. The van der Waals surface area contributed by atoms with Gasteiger partial charge in [-0.15, -0.1) is 0 Å². The van der Waals surface area contributed by atoms with Crippen LogP contribution in [0.2, 0.25) is 5.02 Å². The van der Waals surface area contributed by atoms with Crippen molar-refractivity contribution in [3.63, 3.8) is 0 Å². The fraction of sp³-hybridized carbons (Fsp3) is 0.158. The molecule has 1 aliphatic heterocycles. The van der Waals surface area contributed by atoms with Crippen molar-refractivity contribution in [2.24, 2.45) is 4.99 Å². The molecule has 1 aliphatic rings. The van der Waals surface area contributed by atoms with Crippen molar-refractivity contribution in [1.82, 2.24) is 9.88 Å². The van der Waals surface area contributed by atoms with E-state index in [1.807, 2.05) is 6.92 Å². The molecule has 0 atom stereocenters. The molecule has 1 aromatic carbocycles. The van der Waals surface area contributed by atoms with Crippen LogP contribution in [0, 0.1) is 0 Å². The molecular weight excluding hydrogens is 386 g/mol. The zero-order valence-electron chi connectivity index (χ0n) is 14.7. The molecule has 0 bridgehead atoms. The summed E-state index contributed by atoms with van der Waals surface area (Å²) in [5, 5.41) is 0.984. The van der Waals surface area contributed by atoms with Gasteiger partial charge in [0, 0.05) is 18.9 Å². The third-order valence-corrected chi connectivity index (χ3v) is 5.10. The van der Waals surface area contributed by atoms with E-state index in [0.717, 1.165) is 5.56 Å². The number of thioether (sulfide) groups is 1. The Morgan fingerprint density at radius 2 is 2.07 bits per heavy atom. The number of hydrogen-bond acceptors (Lipinski definition) is 6. The van der Waals surface area contributed by atoms with Gasteiger partial charge in [-0.05, 0) is 48.5 Å². The lowest BCUT2D eigenvalue weighted by Crippen LogP contribution is -2.28. The van der Waals surface area contributed by atoms with Crippen LogP contribution < -0.4 is 0 Å². The van der Waals surface area contributed by atoms with E-state index in [-0.39, 0.29) is 5.91 Å². The molecule has 3 rings (SSSR count). The first kappa shape index (κ1) is 19.1. The Bertz CT molecular complexity index is 941. The molecule has 1 fully saturated rings. The summed E-state index contributed by atoms with van der Waals surface area (Å²) in [5.41, 5.74) is 1.82. The number of benzene rings is 1. The number of carbonyl (C=O) groups excluding carboxylic acids is 2. The van der Waals surface area contributed by atoms with Gasteiger partial charge in [0.05, 0.1) is 28.3 Å². The van der Waals surface area contributed by atoms with Crippen molar-refractivity contribution >= 4 is 52.2 Å². The first-order valence-corrected chi connectivity index (χ1v) is 9.31. The molecule has 0 saturated carbocycles. The normalized spacial score (nSPS) is 17.0. The number of methoxy groups -OCH3 is 1. The fourth-order valence-electron chi connectivity index (χ4n) is 2.42. The highest BCUT2D eigenvalue weighted by Crippen LogP contribution is 2.35. The molecule has 0 radical (unpaired) electrons. The lowest BCUT2D eigenvalue weighted by Gasteiger charge is -2.12. The Hall–Kier alpha value is -2.64. The lowest BCUT2D eigenvalue weighted by molar-refractivity contribution is -0.122. The maximum atomic E-state index is 12.7. The van der Waals surface area contributed by atoms with Gasteiger partial charge in [0.1, 0.15) is 0 Å². The third kappa shape index (κ3) is 4.20. The molecule has 0 aliphatic carbocycles. The zero-order valence-corrected chi connectivity index (χ0v) is 16.3. The number of likely N-dealkylation sites (N-methyl/N-ethyl adjacent to an activating group) is 1. The van der Waals surface area contributed by atoms with Crippen LogP contribution >= 0.6 is 23.4 Å². The van der Waals surface area contributed by atoms with Gasteiger partial charge in [-0.3, -0.25) is 14.7 Å². The number of ether oxygens (including phenoxy) is 1. The highest BCUT2D eigenvalue weighted by Gasteiger charge is 2.32. The predicted octanol–water partition coefficient (Wildman–Crippen LogP) is 4.15. The third-order valence-electron chi connectivity index (χ3n) is 3.80. The number of pyridine rings is 1. The molecule has 0 unspecified atom stereocenters. The SMILES string of the molecule is CCN1C(=O)/C(=C/c2ccc(C(=O)OC)cc2)SC1=Nc1ccncc1Cl. The summed E-state index contributed by atoms with van der Waals surface area (Å²) in [5.74, 6) is -0.523. The van der Waals surface area contributed by atoms with Crippen LogP contribution in [-0.2, 0) is 9.53 Å². The summed E-state index contributed by atoms with van der Waals surface area (Å²) >= 11 is 7.40. The van der Waals surface area contributed by atoms with E-state index in [1.165, 1.54) is 25.1 Å². The number of esters is 1. The predicted molar refractivity (Wildman–Crippen MR) is 107 cm³/mol. The van der Waals surface area contributed by atoms with E-state index in [0.29, 0.717) is 32.9 Å². The Labute approximate surface area is 165 Å². The van der Waals surface area contributed by atoms with Crippen LogP contribution in [-0.4, -0.2) is 40.6 Å². The second-order valence-corrected chi connectivity index (χ2v) is 6.91. The summed E-state index contributed by atoms with van der Waals surface area (Å²) in [7, 11) is 1.33. The van der Waals surface area contributed by atoms with Crippen molar-refractivity contribution in [3.8, 4) is 0 Å². The fourth-order valence-corrected chi connectivity index (χ4v) is 3.63. The molecule has 1 saturated heterocycles. The number of rotatable bonds is 4. The van der Waals surface area contributed by atoms with E-state index in [1.54, 1.807) is 47.5 Å². The first-order valence-electron chi connectivity index (χ1n) is 8.11. The highest BCUT2D eigenvalue weighted by atomic mass is 35.5. The van der Waals surface area contributed by atoms with Crippen molar-refractivity contribution in [2.75, 3.05) is 13.7 Å². The Balaban J connectivity index is 1.89. The highest BCUT2D eigenvalue weighted by molar-refractivity contribution is 8.18. The van der Waals surface area contributed by atoms with Gasteiger partial charge in [0.15, 0.2) is 5.17 Å². The number of aromatic nitrogens is 1. The van der Waals surface area contributed by atoms with Crippen molar-refractivity contribution in [3.05, 3.63) is 63.8 Å². The number of aliphatic imine (C=N–C) groups is 1. The number of amidine groups is 1. The van der Waals surface area contributed by atoms with Crippen molar-refractivity contribution < 1.29 is 14.3 Å². The zero-order chi connectivity index (χ0) is 19.4. The van der Waals surface area contributed by atoms with Crippen LogP contribution in [0.15, 0.2) is 52.6 Å². The van der Waals surface area contributed by atoms with E-state index in [9.17, 15) is 9.59 Å². The summed E-state index contributed by atoms with van der Waals surface area (Å²) < 4.78 is 4.69. The van der Waals surface area contributed by atoms with Crippen LogP contribution in [0.1, 0.15) is 22.8 Å². The van der Waals surface area contributed by atoms with E-state index < -0.39 is 5.97 Å². The van der Waals surface area contributed by atoms with Gasteiger partial charge in [-0.2, -0.15) is 0 Å². The van der Waals surface area contributed by atoms with Gasteiger partial charge in [0.2, 0.25) is 0 Å². The van der Waals surface area contributed by atoms with Gasteiger partial charge in [-0.1, -0.05) is 23.7 Å². The Morgan fingerprint density at radius 1 is 1.33 bits per heavy atom. The molecule has 8 heteroatoms. The Morgan fingerprint density at radius 3 is 2.70 bits per heavy atom. The van der Waals surface area contributed by atoms with Gasteiger partial charge >= 0.3 is 5.97 Å². The molecule has 0 spiro atoms. The number of halogens is 1. The minimum absolute atomic E-state index is 0.122. The molecule has 2 heterocycles. The van der Waals surface area contributed by atoms with Crippen LogP contribution in [0.4, 0.5) is 5.69 Å². The molecule has 6 nitrogen and oxygen atoms in total. The van der Waals surface area contributed by atoms with Crippen molar-refractivity contribution in [2.45, 2.75) is 6.92 Å². The summed E-state index contributed by atoms with van der Waals surface area (Å²) in [4.78, 5) is 34.8.